The summed E-state index contributed by atoms with van der Waals surface area (Å²) in [5.41, 5.74) is 5.40. The number of guanidine groups is 1. The number of ether oxygens (including phenoxy) is 1. The van der Waals surface area contributed by atoms with Crippen LogP contribution in [0.1, 0.15) is 34.0 Å². The summed E-state index contributed by atoms with van der Waals surface area (Å²) in [5.74, 6) is 1.15. The average Bonchev–Trinajstić information content (AvgIpc) is 3.39. The average molecular weight is 576 g/mol. The highest BCUT2D eigenvalue weighted by Crippen LogP contribution is 2.33. The van der Waals surface area contributed by atoms with Crippen molar-refractivity contribution in [3.8, 4) is 5.69 Å². The first-order valence-electron chi connectivity index (χ1n) is 13.8. The number of aromatic nitrogens is 2. The molecule has 0 aliphatic rings. The summed E-state index contributed by atoms with van der Waals surface area (Å²) in [5, 5.41) is 12.3. The van der Waals surface area contributed by atoms with Crippen LogP contribution in [0.15, 0.2) is 125 Å². The number of esters is 1. The van der Waals surface area contributed by atoms with Crippen molar-refractivity contribution >= 4 is 35.2 Å². The molecule has 1 heterocycles. The Bertz CT molecular complexity index is 1620. The molecule has 0 saturated carbocycles. The van der Waals surface area contributed by atoms with E-state index in [4.69, 9.17) is 14.8 Å². The predicted molar refractivity (Wildman–Crippen MR) is 172 cm³/mol. The van der Waals surface area contributed by atoms with Gasteiger partial charge in [0.25, 0.3) is 0 Å². The van der Waals surface area contributed by atoms with Crippen LogP contribution in [-0.4, -0.2) is 28.3 Å². The highest BCUT2D eigenvalue weighted by molar-refractivity contribution is 7.98. The third-order valence-electron chi connectivity index (χ3n) is 6.37. The fourth-order valence-electron chi connectivity index (χ4n) is 4.23. The maximum Gasteiger partial charge on any atom is 0.344 e. The van der Waals surface area contributed by atoms with Crippen molar-refractivity contribution in [2.75, 3.05) is 17.2 Å². The van der Waals surface area contributed by atoms with Crippen molar-refractivity contribution in [3.63, 3.8) is 0 Å². The second-order valence-electron chi connectivity index (χ2n) is 9.54. The molecule has 8 heteroatoms. The highest BCUT2D eigenvalue weighted by Gasteiger charge is 2.27. The molecular weight excluding hydrogens is 542 g/mol. The maximum atomic E-state index is 13.5. The molecule has 1 aromatic heterocycles. The summed E-state index contributed by atoms with van der Waals surface area (Å²) in [7, 11) is 0. The summed E-state index contributed by atoms with van der Waals surface area (Å²) in [6, 6.07) is 37.9. The van der Waals surface area contributed by atoms with Crippen LogP contribution >= 0.6 is 11.8 Å². The van der Waals surface area contributed by atoms with Crippen molar-refractivity contribution in [1.82, 2.24) is 9.78 Å². The molecule has 5 rings (SSSR count). The number of hydrogen-bond donors (Lipinski definition) is 2. The first-order chi connectivity index (χ1) is 20.6. The first-order valence-corrected chi connectivity index (χ1v) is 14.8. The molecular formula is C34H33N5O2S. The largest absolute Gasteiger partial charge is 0.462 e. The molecule has 5 aromatic rings. The van der Waals surface area contributed by atoms with Gasteiger partial charge in [0.2, 0.25) is 5.96 Å². The zero-order valence-corrected chi connectivity index (χ0v) is 24.5. The first kappa shape index (κ1) is 28.7. The van der Waals surface area contributed by atoms with Crippen LogP contribution in [-0.2, 0) is 17.0 Å². The fraction of sp³-hybridized carbons (Fsp3) is 0.147. The van der Waals surface area contributed by atoms with Crippen molar-refractivity contribution in [3.05, 3.63) is 138 Å². The number of nitrogens with zero attached hydrogens (tertiary/aromatic N) is 3. The van der Waals surface area contributed by atoms with Crippen molar-refractivity contribution < 1.29 is 9.53 Å². The van der Waals surface area contributed by atoms with Gasteiger partial charge in [-0.05, 0) is 49.2 Å². The summed E-state index contributed by atoms with van der Waals surface area (Å²) in [6.07, 6.45) is 0. The monoisotopic (exact) mass is 575 g/mol. The minimum Gasteiger partial charge on any atom is -0.462 e. The Hall–Kier alpha value is -4.82. The molecule has 0 amide bonds. The van der Waals surface area contributed by atoms with E-state index in [9.17, 15) is 4.79 Å². The SMILES string of the molecule is CCOC(=O)c1c(SCc2ccccc2)nn(-c2ccccc2)c1NC(=NCc1ccc(C)cc1)Nc1ccccc1. The number of nitrogens with one attached hydrogen (secondary N) is 2. The van der Waals surface area contributed by atoms with Gasteiger partial charge >= 0.3 is 5.97 Å². The third-order valence-corrected chi connectivity index (χ3v) is 7.40. The van der Waals surface area contributed by atoms with E-state index in [0.717, 1.165) is 22.5 Å². The Morgan fingerprint density at radius 3 is 2.14 bits per heavy atom. The van der Waals surface area contributed by atoms with E-state index in [0.29, 0.717) is 34.7 Å². The number of benzene rings is 4. The lowest BCUT2D eigenvalue weighted by Crippen LogP contribution is -2.25. The molecule has 0 unspecified atom stereocenters. The van der Waals surface area contributed by atoms with Crippen LogP contribution in [0.3, 0.4) is 0 Å². The maximum absolute atomic E-state index is 13.5. The van der Waals surface area contributed by atoms with Crippen LogP contribution in [0, 0.1) is 6.92 Å². The van der Waals surface area contributed by atoms with E-state index < -0.39 is 5.97 Å². The molecule has 0 bridgehead atoms. The Morgan fingerprint density at radius 2 is 1.48 bits per heavy atom. The Morgan fingerprint density at radius 1 is 0.833 bits per heavy atom. The van der Waals surface area contributed by atoms with Crippen LogP contribution in [0.25, 0.3) is 5.69 Å². The fourth-order valence-corrected chi connectivity index (χ4v) is 5.19. The second kappa shape index (κ2) is 14.2. The number of aliphatic imine (C=N–C) groups is 1. The molecule has 0 saturated heterocycles. The summed E-state index contributed by atoms with van der Waals surface area (Å²) in [4.78, 5) is 18.4. The molecule has 0 fully saturated rings. The van der Waals surface area contributed by atoms with E-state index >= 15 is 0 Å². The number of carbonyl (C=O) groups is 1. The summed E-state index contributed by atoms with van der Waals surface area (Å²) >= 11 is 1.49. The van der Waals surface area contributed by atoms with Crippen LogP contribution in [0.4, 0.5) is 11.5 Å². The molecule has 7 nitrogen and oxygen atoms in total. The zero-order valence-electron chi connectivity index (χ0n) is 23.7. The summed E-state index contributed by atoms with van der Waals surface area (Å²) in [6.45, 7) is 4.54. The van der Waals surface area contributed by atoms with Gasteiger partial charge in [0.05, 0.1) is 18.8 Å². The van der Waals surface area contributed by atoms with Gasteiger partial charge < -0.3 is 15.4 Å². The number of hydrogen-bond acceptors (Lipinski definition) is 5. The Kier molecular flexibility index (Phi) is 9.69. The Balaban J connectivity index is 1.58. The summed E-state index contributed by atoms with van der Waals surface area (Å²) < 4.78 is 7.29. The molecule has 4 aromatic carbocycles. The van der Waals surface area contributed by atoms with Gasteiger partial charge in [-0.3, -0.25) is 0 Å². The quantitative estimate of drug-likeness (QED) is 0.0768. The zero-order chi connectivity index (χ0) is 29.1. The van der Waals surface area contributed by atoms with Crippen molar-refractivity contribution in [1.29, 1.82) is 0 Å². The third kappa shape index (κ3) is 7.47. The van der Waals surface area contributed by atoms with Crippen molar-refractivity contribution in [2.24, 2.45) is 4.99 Å². The lowest BCUT2D eigenvalue weighted by molar-refractivity contribution is 0.0523. The van der Waals surface area contributed by atoms with E-state index in [-0.39, 0.29) is 6.61 Å². The number of carbonyl (C=O) groups excluding carboxylic acids is 1. The van der Waals surface area contributed by atoms with E-state index in [1.807, 2.05) is 78.9 Å². The van der Waals surface area contributed by atoms with Gasteiger partial charge in [0, 0.05) is 11.4 Å². The van der Waals surface area contributed by atoms with E-state index in [1.165, 1.54) is 17.3 Å². The van der Waals surface area contributed by atoms with Crippen LogP contribution < -0.4 is 10.6 Å². The van der Waals surface area contributed by atoms with Crippen molar-refractivity contribution in [2.45, 2.75) is 31.2 Å². The molecule has 0 radical (unpaired) electrons. The lowest BCUT2D eigenvalue weighted by atomic mass is 10.1. The van der Waals surface area contributed by atoms with Gasteiger partial charge in [0.15, 0.2) is 5.82 Å². The number of thioether (sulfide) groups is 1. The number of aryl methyl sites for hydroxylation is 1. The Labute approximate surface area is 250 Å². The lowest BCUT2D eigenvalue weighted by Gasteiger charge is -2.16. The van der Waals surface area contributed by atoms with Crippen LogP contribution in [0.2, 0.25) is 0 Å². The second-order valence-corrected chi connectivity index (χ2v) is 10.5. The topological polar surface area (TPSA) is 80.5 Å². The number of anilines is 2. The molecule has 0 aliphatic carbocycles. The normalized spacial score (nSPS) is 11.2. The number of rotatable bonds is 10. The van der Waals surface area contributed by atoms with Gasteiger partial charge in [0.1, 0.15) is 10.6 Å². The molecule has 0 aliphatic heterocycles. The molecule has 2 N–H and O–H groups in total. The van der Waals surface area contributed by atoms with E-state index in [2.05, 4.69) is 54.0 Å². The van der Waals surface area contributed by atoms with Gasteiger partial charge in [-0.2, -0.15) is 5.10 Å². The molecule has 0 atom stereocenters. The molecule has 212 valence electrons. The molecule has 0 spiro atoms. The predicted octanol–water partition coefficient (Wildman–Crippen LogP) is 7.73. The highest BCUT2D eigenvalue weighted by atomic mass is 32.2. The minimum atomic E-state index is -0.449. The van der Waals surface area contributed by atoms with E-state index in [1.54, 1.807) is 11.6 Å². The smallest absolute Gasteiger partial charge is 0.344 e. The minimum absolute atomic E-state index is 0.244. The van der Waals surface area contributed by atoms with Crippen LogP contribution in [0.5, 0.6) is 0 Å². The number of para-hydroxylation sites is 2. The van der Waals surface area contributed by atoms with Gasteiger partial charge in [-0.15, -0.1) is 0 Å². The van der Waals surface area contributed by atoms with Gasteiger partial charge in [-0.1, -0.05) is 108 Å². The molecule has 42 heavy (non-hydrogen) atoms. The standard InChI is InChI=1S/C34H33N5O2S/c1-3-41-33(40)30-31(37-34(36-28-15-9-5-10-16-28)35-23-26-21-19-25(2)20-22-26)39(29-17-11-6-12-18-29)38-32(30)42-24-27-13-7-4-8-14-27/h4-22H,3,23-24H2,1-2H3,(H2,35,36,37). The van der Waals surface area contributed by atoms with Gasteiger partial charge in [-0.25, -0.2) is 14.5 Å².